The minimum atomic E-state index is -0.547. The summed E-state index contributed by atoms with van der Waals surface area (Å²) in [5, 5.41) is 0. The summed E-state index contributed by atoms with van der Waals surface area (Å²) in [6.45, 7) is 1.97. The molecule has 1 heterocycles. The Balaban J connectivity index is 2.02. The average molecular weight is 226 g/mol. The van der Waals surface area contributed by atoms with Gasteiger partial charge in [-0.05, 0) is 32.6 Å². The van der Waals surface area contributed by atoms with Crippen molar-refractivity contribution in [2.45, 2.75) is 51.0 Å². The zero-order valence-electron chi connectivity index (χ0n) is 9.66. The smallest absolute Gasteiger partial charge is 0.430 e. The third-order valence-corrected chi connectivity index (χ3v) is 3.71. The third-order valence-electron chi connectivity index (χ3n) is 3.71. The highest BCUT2D eigenvalue weighted by Gasteiger charge is 2.49. The van der Waals surface area contributed by atoms with Gasteiger partial charge in [-0.2, -0.15) is 0 Å². The van der Waals surface area contributed by atoms with Crippen LogP contribution in [0.4, 0.5) is 4.79 Å². The highest BCUT2D eigenvalue weighted by atomic mass is 16.8. The summed E-state index contributed by atoms with van der Waals surface area (Å²) in [4.78, 5) is 22.1. The van der Waals surface area contributed by atoms with Crippen LogP contribution in [-0.4, -0.2) is 24.1 Å². The lowest BCUT2D eigenvalue weighted by Gasteiger charge is -2.37. The van der Waals surface area contributed by atoms with E-state index < -0.39 is 11.8 Å². The maximum absolute atomic E-state index is 11.1. The average Bonchev–Trinajstić information content (AvgIpc) is 2.59. The summed E-state index contributed by atoms with van der Waals surface area (Å²) in [5.74, 6) is 0.488. The van der Waals surface area contributed by atoms with Crippen molar-refractivity contribution in [1.29, 1.82) is 0 Å². The van der Waals surface area contributed by atoms with Gasteiger partial charge >= 0.3 is 6.16 Å². The van der Waals surface area contributed by atoms with Crippen molar-refractivity contribution in [3.05, 3.63) is 0 Å². The predicted octanol–water partition coefficient (Wildman–Crippen LogP) is 2.45. The summed E-state index contributed by atoms with van der Waals surface area (Å²) < 4.78 is 10.3. The molecule has 0 amide bonds. The van der Waals surface area contributed by atoms with E-state index in [4.69, 9.17) is 9.47 Å². The summed E-state index contributed by atoms with van der Waals surface area (Å²) >= 11 is 0. The van der Waals surface area contributed by atoms with Crippen molar-refractivity contribution < 1.29 is 19.1 Å². The molecule has 4 nitrogen and oxygen atoms in total. The molecule has 2 aliphatic rings. The SMILES string of the molecule is CC(=O)CC[C@@H]1CCCC[C@]12COC(=O)O2. The second-order valence-electron chi connectivity index (χ2n) is 4.89. The summed E-state index contributed by atoms with van der Waals surface area (Å²) in [6, 6.07) is 0. The van der Waals surface area contributed by atoms with Gasteiger partial charge in [-0.25, -0.2) is 4.79 Å². The molecule has 0 aromatic carbocycles. The molecule has 2 fully saturated rings. The van der Waals surface area contributed by atoms with Gasteiger partial charge < -0.3 is 14.3 Å². The number of hydrogen-bond donors (Lipinski definition) is 0. The molecule has 0 aromatic rings. The van der Waals surface area contributed by atoms with Crippen molar-refractivity contribution in [3.8, 4) is 0 Å². The molecule has 0 bridgehead atoms. The van der Waals surface area contributed by atoms with Crippen LogP contribution in [0, 0.1) is 5.92 Å². The summed E-state index contributed by atoms with van der Waals surface area (Å²) in [7, 11) is 0. The first-order valence-corrected chi connectivity index (χ1v) is 5.98. The monoisotopic (exact) mass is 226 g/mol. The minimum absolute atomic E-state index is 0.200. The first-order chi connectivity index (χ1) is 7.62. The molecule has 1 saturated carbocycles. The Bertz CT molecular complexity index is 299. The molecule has 90 valence electrons. The summed E-state index contributed by atoms with van der Waals surface area (Å²) in [5.41, 5.74) is -0.426. The number of Topliss-reactive ketones (excluding diaryl/α,β-unsaturated/α-hetero) is 1. The fourth-order valence-corrected chi connectivity index (χ4v) is 2.80. The molecule has 1 aliphatic carbocycles. The van der Waals surface area contributed by atoms with Crippen LogP contribution in [0.25, 0.3) is 0 Å². The van der Waals surface area contributed by atoms with Crippen LogP contribution in [0.3, 0.4) is 0 Å². The second-order valence-corrected chi connectivity index (χ2v) is 4.89. The fraction of sp³-hybridized carbons (Fsp3) is 0.833. The Morgan fingerprint density at radius 3 is 2.94 bits per heavy atom. The van der Waals surface area contributed by atoms with E-state index in [1.54, 1.807) is 6.92 Å². The Kier molecular flexibility index (Phi) is 3.17. The zero-order valence-corrected chi connectivity index (χ0v) is 9.66. The van der Waals surface area contributed by atoms with Crippen LogP contribution in [0.15, 0.2) is 0 Å². The van der Waals surface area contributed by atoms with Gasteiger partial charge in [0, 0.05) is 12.3 Å². The van der Waals surface area contributed by atoms with Gasteiger partial charge in [0.05, 0.1) is 0 Å². The normalized spacial score (nSPS) is 33.6. The lowest BCUT2D eigenvalue weighted by Crippen LogP contribution is -2.43. The van der Waals surface area contributed by atoms with Crippen LogP contribution in [0.1, 0.15) is 45.4 Å². The molecule has 4 heteroatoms. The van der Waals surface area contributed by atoms with Gasteiger partial charge in [-0.1, -0.05) is 6.42 Å². The van der Waals surface area contributed by atoms with E-state index in [0.717, 1.165) is 32.1 Å². The van der Waals surface area contributed by atoms with Crippen molar-refractivity contribution in [1.82, 2.24) is 0 Å². The van der Waals surface area contributed by atoms with Gasteiger partial charge in [0.15, 0.2) is 5.60 Å². The quantitative estimate of drug-likeness (QED) is 0.693. The van der Waals surface area contributed by atoms with Gasteiger partial charge in [-0.15, -0.1) is 0 Å². The van der Waals surface area contributed by atoms with Crippen molar-refractivity contribution in [3.63, 3.8) is 0 Å². The van der Waals surface area contributed by atoms with Gasteiger partial charge in [0.25, 0.3) is 0 Å². The maximum Gasteiger partial charge on any atom is 0.509 e. The van der Waals surface area contributed by atoms with Crippen LogP contribution in [0.2, 0.25) is 0 Å². The van der Waals surface area contributed by atoms with E-state index in [9.17, 15) is 9.59 Å². The van der Waals surface area contributed by atoms with Crippen LogP contribution in [0.5, 0.6) is 0 Å². The van der Waals surface area contributed by atoms with E-state index in [0.29, 0.717) is 13.0 Å². The Morgan fingerprint density at radius 1 is 1.50 bits per heavy atom. The zero-order chi connectivity index (χ0) is 11.6. The molecule has 1 spiro atoms. The van der Waals surface area contributed by atoms with Crippen LogP contribution < -0.4 is 0 Å². The molecule has 0 unspecified atom stereocenters. The van der Waals surface area contributed by atoms with Gasteiger partial charge in [-0.3, -0.25) is 0 Å². The van der Waals surface area contributed by atoms with Crippen molar-refractivity contribution in [2.75, 3.05) is 6.61 Å². The predicted molar refractivity (Wildman–Crippen MR) is 57.0 cm³/mol. The molecule has 16 heavy (non-hydrogen) atoms. The van der Waals surface area contributed by atoms with Crippen molar-refractivity contribution >= 4 is 11.9 Å². The Morgan fingerprint density at radius 2 is 2.31 bits per heavy atom. The number of hydrogen-bond acceptors (Lipinski definition) is 4. The molecular formula is C12H18O4. The topological polar surface area (TPSA) is 52.6 Å². The number of cyclic esters (lactones) is 1. The number of carbonyl (C=O) groups excluding carboxylic acids is 2. The number of ketones is 1. The van der Waals surface area contributed by atoms with Crippen LogP contribution >= 0.6 is 0 Å². The largest absolute Gasteiger partial charge is 0.509 e. The van der Waals surface area contributed by atoms with Gasteiger partial charge in [0.1, 0.15) is 12.4 Å². The van der Waals surface area contributed by atoms with E-state index in [-0.39, 0.29) is 11.7 Å². The first kappa shape index (κ1) is 11.4. The summed E-state index contributed by atoms with van der Waals surface area (Å²) in [6.07, 6.45) is 4.98. The van der Waals surface area contributed by atoms with Crippen LogP contribution in [-0.2, 0) is 14.3 Å². The van der Waals surface area contributed by atoms with E-state index in [2.05, 4.69) is 0 Å². The second kappa shape index (κ2) is 4.44. The van der Waals surface area contributed by atoms with Gasteiger partial charge in [0.2, 0.25) is 0 Å². The Labute approximate surface area is 95.3 Å². The number of ether oxygens (including phenoxy) is 2. The van der Waals surface area contributed by atoms with E-state index in [1.165, 1.54) is 0 Å². The fourth-order valence-electron chi connectivity index (χ4n) is 2.80. The molecule has 1 aliphatic heterocycles. The molecule has 0 N–H and O–H groups in total. The lowest BCUT2D eigenvalue weighted by atomic mass is 9.73. The molecule has 0 aromatic heterocycles. The first-order valence-electron chi connectivity index (χ1n) is 5.98. The number of carbonyl (C=O) groups is 2. The molecule has 0 radical (unpaired) electrons. The highest BCUT2D eigenvalue weighted by molar-refractivity contribution is 5.75. The molecule has 1 saturated heterocycles. The van der Waals surface area contributed by atoms with E-state index in [1.807, 2.05) is 0 Å². The Hall–Kier alpha value is -1.06. The minimum Gasteiger partial charge on any atom is -0.430 e. The standard InChI is InChI=1S/C12H18O4/c1-9(13)5-6-10-4-2-3-7-12(10)8-15-11(14)16-12/h10H,2-8H2,1H3/t10-,12-/m0/s1. The highest BCUT2D eigenvalue weighted by Crippen LogP contribution is 2.42. The molecule has 2 atom stereocenters. The number of rotatable bonds is 3. The molecule has 2 rings (SSSR count). The molecular weight excluding hydrogens is 208 g/mol. The third kappa shape index (κ3) is 2.20. The van der Waals surface area contributed by atoms with E-state index >= 15 is 0 Å². The van der Waals surface area contributed by atoms with Crippen molar-refractivity contribution in [2.24, 2.45) is 5.92 Å². The lowest BCUT2D eigenvalue weighted by molar-refractivity contribution is -0.117. The maximum atomic E-state index is 11.1.